The number of carbonyl (C=O) groups excluding carboxylic acids is 3. The number of hydrogen-bond donors (Lipinski definition) is 3. The van der Waals surface area contributed by atoms with Crippen LogP contribution in [0.3, 0.4) is 0 Å². The number of nitrogens with zero attached hydrogens (tertiary/aromatic N) is 3. The van der Waals surface area contributed by atoms with Gasteiger partial charge in [-0.15, -0.1) is 0 Å². The van der Waals surface area contributed by atoms with E-state index in [-0.39, 0.29) is 24.1 Å². The molecule has 1 aliphatic heterocycles. The summed E-state index contributed by atoms with van der Waals surface area (Å²) >= 11 is 0. The van der Waals surface area contributed by atoms with Gasteiger partial charge in [0.05, 0.1) is 30.4 Å². The maximum atomic E-state index is 14.2. The van der Waals surface area contributed by atoms with E-state index in [4.69, 9.17) is 4.52 Å². The summed E-state index contributed by atoms with van der Waals surface area (Å²) in [6.45, 7) is 3.91. The van der Waals surface area contributed by atoms with Gasteiger partial charge in [0.2, 0.25) is 11.8 Å². The van der Waals surface area contributed by atoms with E-state index in [2.05, 4.69) is 25.8 Å². The minimum absolute atomic E-state index is 0.00435. The smallest absolute Gasteiger partial charge is 0.274 e. The molecule has 3 heterocycles. The van der Waals surface area contributed by atoms with Gasteiger partial charge in [-0.1, -0.05) is 47.6 Å². The summed E-state index contributed by atoms with van der Waals surface area (Å²) < 4.78 is 19.2. The van der Waals surface area contributed by atoms with Crippen molar-refractivity contribution < 1.29 is 23.3 Å². The first-order chi connectivity index (χ1) is 19.8. The van der Waals surface area contributed by atoms with Gasteiger partial charge in [-0.3, -0.25) is 14.4 Å². The molecule has 0 radical (unpaired) electrons. The monoisotopic (exact) mass is 558 g/mol. The van der Waals surface area contributed by atoms with Crippen LogP contribution in [0.5, 0.6) is 0 Å². The van der Waals surface area contributed by atoms with Crippen LogP contribution in [-0.2, 0) is 9.59 Å². The molecule has 10 nitrogen and oxygen atoms in total. The lowest BCUT2D eigenvalue weighted by Crippen LogP contribution is -2.50. The minimum Gasteiger partial charge on any atom is -0.361 e. The third-order valence-electron chi connectivity index (χ3n) is 7.15. The van der Waals surface area contributed by atoms with Gasteiger partial charge in [-0.25, -0.2) is 9.37 Å². The number of likely N-dealkylation sites (tertiary alicyclic amines) is 1. The van der Waals surface area contributed by atoms with Gasteiger partial charge in [0.25, 0.3) is 5.91 Å². The molecule has 0 spiro atoms. The number of hydrogen-bond acceptors (Lipinski definition) is 6. The van der Waals surface area contributed by atoms with Crippen molar-refractivity contribution >= 4 is 17.7 Å². The summed E-state index contributed by atoms with van der Waals surface area (Å²) in [7, 11) is 0. The van der Waals surface area contributed by atoms with E-state index in [1.54, 1.807) is 36.9 Å². The highest BCUT2D eigenvalue weighted by Crippen LogP contribution is 2.32. The van der Waals surface area contributed by atoms with Crippen LogP contribution < -0.4 is 10.6 Å². The van der Waals surface area contributed by atoms with Gasteiger partial charge >= 0.3 is 0 Å². The normalized spacial score (nSPS) is 16.3. The largest absolute Gasteiger partial charge is 0.361 e. The van der Waals surface area contributed by atoms with Crippen molar-refractivity contribution in [3.05, 3.63) is 95.5 Å². The molecule has 4 aromatic rings. The first-order valence-electron chi connectivity index (χ1n) is 13.5. The minimum atomic E-state index is -1.19. The second-order valence-electron chi connectivity index (χ2n) is 10.1. The zero-order valence-corrected chi connectivity index (χ0v) is 22.8. The molecule has 0 aliphatic carbocycles. The zero-order chi connectivity index (χ0) is 28.9. The maximum absolute atomic E-state index is 14.2. The summed E-state index contributed by atoms with van der Waals surface area (Å²) in [5, 5.41) is 9.19. The predicted molar refractivity (Wildman–Crippen MR) is 148 cm³/mol. The van der Waals surface area contributed by atoms with E-state index >= 15 is 0 Å². The highest BCUT2D eigenvalue weighted by Gasteiger charge is 2.34. The quantitative estimate of drug-likeness (QED) is 0.281. The third kappa shape index (κ3) is 6.34. The van der Waals surface area contributed by atoms with Crippen LogP contribution in [0.4, 0.5) is 4.39 Å². The van der Waals surface area contributed by atoms with Crippen molar-refractivity contribution in [2.45, 2.75) is 51.2 Å². The molecule has 1 saturated heterocycles. The number of benzene rings is 2. The molecule has 11 heteroatoms. The molecule has 41 heavy (non-hydrogen) atoms. The van der Waals surface area contributed by atoms with Gasteiger partial charge in [0, 0.05) is 18.2 Å². The van der Waals surface area contributed by atoms with Crippen LogP contribution in [0.25, 0.3) is 11.3 Å². The molecular weight excluding hydrogens is 527 g/mol. The molecule has 3 atom stereocenters. The fourth-order valence-corrected chi connectivity index (χ4v) is 5.05. The first kappa shape index (κ1) is 27.8. The molecule has 3 amide bonds. The van der Waals surface area contributed by atoms with Crippen LogP contribution in [0.15, 0.2) is 71.4 Å². The lowest BCUT2D eigenvalue weighted by molar-refractivity contribution is -0.135. The van der Waals surface area contributed by atoms with E-state index in [0.29, 0.717) is 29.4 Å². The number of imidazole rings is 1. The fourth-order valence-electron chi connectivity index (χ4n) is 5.05. The topological polar surface area (TPSA) is 133 Å². The lowest BCUT2D eigenvalue weighted by atomic mass is 10.0. The highest BCUT2D eigenvalue weighted by molar-refractivity contribution is 5.97. The van der Waals surface area contributed by atoms with Crippen molar-refractivity contribution in [1.82, 2.24) is 30.7 Å². The maximum Gasteiger partial charge on any atom is 0.274 e. The van der Waals surface area contributed by atoms with Crippen molar-refractivity contribution in [2.24, 2.45) is 0 Å². The van der Waals surface area contributed by atoms with Crippen molar-refractivity contribution in [3.8, 4) is 11.3 Å². The third-order valence-corrected chi connectivity index (χ3v) is 7.15. The number of carbonyl (C=O) groups is 3. The average molecular weight is 559 g/mol. The van der Waals surface area contributed by atoms with E-state index in [9.17, 15) is 18.8 Å². The second-order valence-corrected chi connectivity index (χ2v) is 10.1. The fraction of sp³-hybridized carbons (Fsp3) is 0.300. The average Bonchev–Trinajstić information content (AvgIpc) is 3.74. The molecule has 2 unspecified atom stereocenters. The van der Waals surface area contributed by atoms with Crippen LogP contribution in [0.2, 0.25) is 0 Å². The van der Waals surface area contributed by atoms with Gasteiger partial charge in [0.1, 0.15) is 23.4 Å². The van der Waals surface area contributed by atoms with Gasteiger partial charge in [-0.2, -0.15) is 0 Å². The van der Waals surface area contributed by atoms with Gasteiger partial charge < -0.3 is 25.0 Å². The molecule has 2 aromatic carbocycles. The number of halogens is 1. The van der Waals surface area contributed by atoms with Crippen molar-refractivity contribution in [1.29, 1.82) is 0 Å². The standard InChI is InChI=1S/C30H31FN6O4/c1-18-15-24(36-41-18)30(40)35-23(16-27(38)37-14-8-13-26(37)20-9-4-3-5-10-20)29(39)33-19(2)28-32-17-25(34-28)21-11-6-7-12-22(21)31/h3-7,9-12,15,17,19,23,26H,8,13-14,16H2,1-2H3,(H,32,34)(H,33,39)(H,35,40)/t19?,23?,26-/m1/s1. The Bertz CT molecular complexity index is 1530. The van der Waals surface area contributed by atoms with Crippen LogP contribution >= 0.6 is 0 Å². The van der Waals surface area contributed by atoms with E-state index in [1.165, 1.54) is 18.3 Å². The molecule has 1 fully saturated rings. The van der Waals surface area contributed by atoms with Gasteiger partial charge in [-0.05, 0) is 44.4 Å². The Morgan fingerprint density at radius 3 is 2.61 bits per heavy atom. The Labute approximate surface area is 236 Å². The Kier molecular flexibility index (Phi) is 8.23. The highest BCUT2D eigenvalue weighted by atomic mass is 19.1. The molecule has 2 aromatic heterocycles. The SMILES string of the molecule is Cc1cc(C(=O)NC(CC(=O)N2CCC[C@@H]2c2ccccc2)C(=O)NC(C)c2ncc(-c3ccccc3F)[nH]2)no1. The number of aromatic amines is 1. The molecule has 3 N–H and O–H groups in total. The van der Waals surface area contributed by atoms with Crippen molar-refractivity contribution in [3.63, 3.8) is 0 Å². The molecule has 0 bridgehead atoms. The number of aromatic nitrogens is 3. The Hall–Kier alpha value is -4.80. The number of H-pyrrole nitrogens is 1. The molecule has 1 aliphatic rings. The summed E-state index contributed by atoms with van der Waals surface area (Å²) in [5.41, 5.74) is 1.84. The number of amides is 3. The summed E-state index contributed by atoms with van der Waals surface area (Å²) in [6, 6.07) is 15.6. The molecule has 212 valence electrons. The molecule has 5 rings (SSSR count). The Balaban J connectivity index is 1.32. The Morgan fingerprint density at radius 1 is 1.12 bits per heavy atom. The summed E-state index contributed by atoms with van der Waals surface area (Å²) in [5.74, 6) is -1.03. The number of aryl methyl sites for hydroxylation is 1. The summed E-state index contributed by atoms with van der Waals surface area (Å²) in [4.78, 5) is 49.0. The zero-order valence-electron chi connectivity index (χ0n) is 22.8. The predicted octanol–water partition coefficient (Wildman–Crippen LogP) is 4.24. The Morgan fingerprint density at radius 2 is 1.88 bits per heavy atom. The summed E-state index contributed by atoms with van der Waals surface area (Å²) in [6.07, 6.45) is 2.90. The van der Waals surface area contributed by atoms with E-state index < -0.39 is 29.7 Å². The van der Waals surface area contributed by atoms with Crippen LogP contribution in [0, 0.1) is 12.7 Å². The van der Waals surface area contributed by atoms with E-state index in [1.807, 2.05) is 30.3 Å². The van der Waals surface area contributed by atoms with Crippen molar-refractivity contribution in [2.75, 3.05) is 6.54 Å². The number of nitrogens with one attached hydrogen (secondary N) is 3. The van der Waals surface area contributed by atoms with E-state index in [0.717, 1.165) is 18.4 Å². The van der Waals surface area contributed by atoms with Crippen LogP contribution in [0.1, 0.15) is 65.9 Å². The van der Waals surface area contributed by atoms with Crippen LogP contribution in [-0.4, -0.2) is 50.3 Å². The van der Waals surface area contributed by atoms with Gasteiger partial charge in [0.15, 0.2) is 5.69 Å². The molecular formula is C30H31FN6O4. The molecule has 0 saturated carbocycles. The first-order valence-corrected chi connectivity index (χ1v) is 13.5. The second kappa shape index (κ2) is 12.2. The lowest BCUT2D eigenvalue weighted by Gasteiger charge is -2.27. The number of rotatable bonds is 9.